The average Bonchev–Trinajstić information content (AvgIpc) is 2.49. The van der Waals surface area contributed by atoms with Crippen LogP contribution >= 0.6 is 0 Å². The van der Waals surface area contributed by atoms with E-state index in [0.29, 0.717) is 6.61 Å². The molecule has 1 aromatic heterocycles. The Bertz CT molecular complexity index is 481. The lowest BCUT2D eigenvalue weighted by Crippen LogP contribution is -2.37. The molecule has 3 N–H and O–H groups in total. The summed E-state index contributed by atoms with van der Waals surface area (Å²) >= 11 is 0. The Balaban J connectivity index is 2.43. The van der Waals surface area contributed by atoms with Crippen molar-refractivity contribution in [3.63, 3.8) is 0 Å². The number of anilines is 1. The lowest BCUT2D eigenvalue weighted by Gasteiger charge is -2.38. The zero-order valence-electron chi connectivity index (χ0n) is 13.7. The fourth-order valence-corrected chi connectivity index (χ4v) is 3.28. The molecule has 0 unspecified atom stereocenters. The molecular weight excluding hydrogens is 264 g/mol. The van der Waals surface area contributed by atoms with Crippen LogP contribution in [0, 0.1) is 12.8 Å². The van der Waals surface area contributed by atoms with Gasteiger partial charge in [-0.15, -0.1) is 0 Å². The van der Waals surface area contributed by atoms with Crippen LogP contribution in [0.5, 0.6) is 0 Å². The summed E-state index contributed by atoms with van der Waals surface area (Å²) in [6.45, 7) is 9.13. The topological polar surface area (TPSA) is 73.1 Å². The molecule has 0 aliphatic heterocycles. The molecular formula is C16H28N4O. The van der Waals surface area contributed by atoms with Gasteiger partial charge >= 0.3 is 0 Å². The summed E-state index contributed by atoms with van der Waals surface area (Å²) in [4.78, 5) is 9.45. The molecule has 0 radical (unpaired) electrons. The van der Waals surface area contributed by atoms with E-state index in [1.807, 2.05) is 13.8 Å². The number of ether oxygens (including phenoxy) is 1. The highest BCUT2D eigenvalue weighted by molar-refractivity contribution is 5.46. The average molecular weight is 292 g/mol. The highest BCUT2D eigenvalue weighted by Crippen LogP contribution is 2.41. The van der Waals surface area contributed by atoms with E-state index in [9.17, 15) is 0 Å². The van der Waals surface area contributed by atoms with Gasteiger partial charge in [0.2, 0.25) is 0 Å². The Labute approximate surface area is 127 Å². The number of hydrazine groups is 1. The van der Waals surface area contributed by atoms with E-state index < -0.39 is 0 Å². The molecule has 0 aromatic carbocycles. The van der Waals surface area contributed by atoms with Gasteiger partial charge in [0.1, 0.15) is 11.4 Å². The molecule has 1 fully saturated rings. The number of nitrogens with one attached hydrogen (secondary N) is 1. The third-order valence-corrected chi connectivity index (χ3v) is 4.61. The quantitative estimate of drug-likeness (QED) is 0.644. The van der Waals surface area contributed by atoms with Gasteiger partial charge in [-0.2, -0.15) is 0 Å². The predicted octanol–water partition coefficient (Wildman–Crippen LogP) is 3.07. The molecule has 1 heterocycles. The highest BCUT2D eigenvalue weighted by atomic mass is 16.5. The van der Waals surface area contributed by atoms with Crippen LogP contribution in [0.1, 0.15) is 63.5 Å². The zero-order chi connectivity index (χ0) is 15.5. The van der Waals surface area contributed by atoms with Crippen LogP contribution in [0.4, 0.5) is 5.82 Å². The Kier molecular flexibility index (Phi) is 5.17. The molecule has 2 rings (SSSR count). The van der Waals surface area contributed by atoms with Crippen LogP contribution in [0.2, 0.25) is 0 Å². The fraction of sp³-hybridized carbons (Fsp3) is 0.750. The van der Waals surface area contributed by atoms with Crippen molar-refractivity contribution >= 4 is 5.82 Å². The molecule has 5 heteroatoms. The summed E-state index contributed by atoms with van der Waals surface area (Å²) < 4.78 is 6.14. The predicted molar refractivity (Wildman–Crippen MR) is 84.9 cm³/mol. The second-order valence-electron chi connectivity index (χ2n) is 6.07. The first-order chi connectivity index (χ1) is 10.1. The summed E-state index contributed by atoms with van der Waals surface area (Å²) in [5, 5.41) is 0. The van der Waals surface area contributed by atoms with Gasteiger partial charge < -0.3 is 10.2 Å². The third-order valence-electron chi connectivity index (χ3n) is 4.61. The van der Waals surface area contributed by atoms with Gasteiger partial charge in [0, 0.05) is 17.9 Å². The van der Waals surface area contributed by atoms with Crippen molar-refractivity contribution in [1.82, 2.24) is 9.97 Å². The van der Waals surface area contributed by atoms with Crippen LogP contribution in [-0.2, 0) is 16.8 Å². The van der Waals surface area contributed by atoms with Crippen LogP contribution < -0.4 is 11.3 Å². The van der Waals surface area contributed by atoms with Crippen molar-refractivity contribution in [2.45, 2.75) is 65.4 Å². The normalized spacial score (nSPS) is 25.9. The first-order valence-electron chi connectivity index (χ1n) is 8.04. The maximum absolute atomic E-state index is 6.14. The minimum Gasteiger partial charge on any atom is -0.367 e. The van der Waals surface area contributed by atoms with Gasteiger partial charge in [0.15, 0.2) is 5.82 Å². The van der Waals surface area contributed by atoms with E-state index in [0.717, 1.165) is 60.9 Å². The summed E-state index contributed by atoms with van der Waals surface area (Å²) in [6.07, 6.45) is 5.14. The SMILES string of the molecule is CCOC1(c2nc(C)c(CC)c(NN)n2)CCC(C)CC1. The Morgan fingerprint density at radius 1 is 1.29 bits per heavy atom. The number of nitrogens with two attached hydrogens (primary N) is 1. The monoisotopic (exact) mass is 292 g/mol. The van der Waals surface area contributed by atoms with Crippen molar-refractivity contribution in [3.8, 4) is 0 Å². The molecule has 5 nitrogen and oxygen atoms in total. The van der Waals surface area contributed by atoms with E-state index in [2.05, 4.69) is 19.3 Å². The molecule has 1 aliphatic carbocycles. The summed E-state index contributed by atoms with van der Waals surface area (Å²) in [5.74, 6) is 7.93. The fourth-order valence-electron chi connectivity index (χ4n) is 3.28. The van der Waals surface area contributed by atoms with Crippen LogP contribution in [0.25, 0.3) is 0 Å². The number of hydrogen-bond donors (Lipinski definition) is 2. The minimum atomic E-state index is -0.343. The first-order valence-corrected chi connectivity index (χ1v) is 8.04. The van der Waals surface area contributed by atoms with E-state index >= 15 is 0 Å². The van der Waals surface area contributed by atoms with Crippen LogP contribution in [0.15, 0.2) is 0 Å². The maximum atomic E-state index is 6.14. The largest absolute Gasteiger partial charge is 0.367 e. The van der Waals surface area contributed by atoms with Crippen LogP contribution in [0.3, 0.4) is 0 Å². The lowest BCUT2D eigenvalue weighted by atomic mass is 9.78. The Hall–Kier alpha value is -1.20. The van der Waals surface area contributed by atoms with E-state index in [1.165, 1.54) is 0 Å². The second kappa shape index (κ2) is 6.71. The number of aromatic nitrogens is 2. The van der Waals surface area contributed by atoms with Crippen molar-refractivity contribution in [2.75, 3.05) is 12.0 Å². The van der Waals surface area contributed by atoms with Crippen molar-refractivity contribution in [3.05, 3.63) is 17.1 Å². The number of rotatable bonds is 5. The summed E-state index contributed by atoms with van der Waals surface area (Å²) in [6, 6.07) is 0. The molecule has 118 valence electrons. The summed E-state index contributed by atoms with van der Waals surface area (Å²) in [7, 11) is 0. The Morgan fingerprint density at radius 3 is 2.48 bits per heavy atom. The first kappa shape index (κ1) is 16.2. The number of aryl methyl sites for hydroxylation is 1. The number of hydrogen-bond acceptors (Lipinski definition) is 5. The van der Waals surface area contributed by atoms with Gasteiger partial charge in [0.05, 0.1) is 0 Å². The van der Waals surface area contributed by atoms with Gasteiger partial charge in [0.25, 0.3) is 0 Å². The molecule has 21 heavy (non-hydrogen) atoms. The second-order valence-corrected chi connectivity index (χ2v) is 6.07. The molecule has 0 saturated heterocycles. The molecule has 0 bridgehead atoms. The molecule has 0 atom stereocenters. The Morgan fingerprint density at radius 2 is 1.95 bits per heavy atom. The van der Waals surface area contributed by atoms with Crippen molar-refractivity contribution in [2.24, 2.45) is 11.8 Å². The smallest absolute Gasteiger partial charge is 0.162 e. The van der Waals surface area contributed by atoms with Crippen molar-refractivity contribution in [1.29, 1.82) is 0 Å². The molecule has 0 spiro atoms. The van der Waals surface area contributed by atoms with Gasteiger partial charge in [-0.05, 0) is 51.9 Å². The number of nitrogen functional groups attached to an aromatic ring is 1. The third kappa shape index (κ3) is 3.19. The maximum Gasteiger partial charge on any atom is 0.162 e. The van der Waals surface area contributed by atoms with Crippen LogP contribution in [-0.4, -0.2) is 16.6 Å². The molecule has 0 amide bonds. The zero-order valence-corrected chi connectivity index (χ0v) is 13.7. The number of nitrogens with zero attached hydrogens (tertiary/aromatic N) is 2. The van der Waals surface area contributed by atoms with Gasteiger partial charge in [-0.25, -0.2) is 15.8 Å². The van der Waals surface area contributed by atoms with Gasteiger partial charge in [-0.1, -0.05) is 13.8 Å². The van der Waals surface area contributed by atoms with Gasteiger partial charge in [-0.3, -0.25) is 0 Å². The molecule has 1 aliphatic rings. The standard InChI is InChI=1S/C16H28N4O/c1-5-13-12(4)18-15(19-14(13)20-17)16(21-6-2)9-7-11(3)8-10-16/h11H,5-10,17H2,1-4H3,(H,18,19,20). The minimum absolute atomic E-state index is 0.343. The lowest BCUT2D eigenvalue weighted by molar-refractivity contribution is -0.0837. The van der Waals surface area contributed by atoms with Crippen molar-refractivity contribution < 1.29 is 4.74 Å². The van der Waals surface area contributed by atoms with E-state index in [4.69, 9.17) is 20.5 Å². The highest BCUT2D eigenvalue weighted by Gasteiger charge is 2.39. The molecule has 1 saturated carbocycles. The van der Waals surface area contributed by atoms with E-state index in [1.54, 1.807) is 0 Å². The van der Waals surface area contributed by atoms with E-state index in [-0.39, 0.29) is 5.60 Å². The summed E-state index contributed by atoms with van der Waals surface area (Å²) in [5.41, 5.74) is 4.46. The molecule has 1 aromatic rings.